The zero-order valence-electron chi connectivity index (χ0n) is 12.6. The van der Waals surface area contributed by atoms with Crippen LogP contribution in [-0.2, 0) is 19.8 Å². The molecule has 0 amide bonds. The largest absolute Gasteiger partial charge is 0.416 e. The van der Waals surface area contributed by atoms with Gasteiger partial charge in [-0.25, -0.2) is 4.98 Å². The van der Waals surface area contributed by atoms with Crippen molar-refractivity contribution in [3.63, 3.8) is 0 Å². The summed E-state index contributed by atoms with van der Waals surface area (Å²) in [4.78, 5) is 6.68. The van der Waals surface area contributed by atoms with E-state index >= 15 is 0 Å². The quantitative estimate of drug-likeness (QED) is 0.924. The summed E-state index contributed by atoms with van der Waals surface area (Å²) >= 11 is 0. The van der Waals surface area contributed by atoms with Crippen LogP contribution in [0.3, 0.4) is 0 Å². The highest BCUT2D eigenvalue weighted by Gasteiger charge is 2.31. The number of imidazole rings is 1. The number of benzene rings is 1. The first-order chi connectivity index (χ1) is 10.3. The third kappa shape index (κ3) is 2.96. The van der Waals surface area contributed by atoms with E-state index in [-0.39, 0.29) is 0 Å². The van der Waals surface area contributed by atoms with E-state index < -0.39 is 11.7 Å². The molecule has 1 saturated heterocycles. The minimum Gasteiger partial charge on any atom is -0.330 e. The molecule has 0 saturated carbocycles. The van der Waals surface area contributed by atoms with Crippen LogP contribution < -0.4 is 5.32 Å². The predicted molar refractivity (Wildman–Crippen MR) is 78.5 cm³/mol. The lowest BCUT2D eigenvalue weighted by molar-refractivity contribution is -0.137. The number of halogens is 3. The van der Waals surface area contributed by atoms with E-state index in [1.807, 2.05) is 11.6 Å². The first kappa shape index (κ1) is 15.3. The molecule has 4 nitrogen and oxygen atoms in total. The normalized spacial score (nSPS) is 20.7. The van der Waals surface area contributed by atoms with Crippen LogP contribution in [0.15, 0.2) is 18.2 Å². The van der Waals surface area contributed by atoms with Gasteiger partial charge in [-0.15, -0.1) is 0 Å². The van der Waals surface area contributed by atoms with Crippen LogP contribution in [0, 0.1) is 0 Å². The Labute approximate surface area is 126 Å². The number of nitrogens with one attached hydrogen (secondary N) is 1. The van der Waals surface area contributed by atoms with Gasteiger partial charge in [0.05, 0.1) is 23.1 Å². The highest BCUT2D eigenvalue weighted by molar-refractivity contribution is 5.77. The molecular formula is C15H19F3N4. The summed E-state index contributed by atoms with van der Waals surface area (Å²) in [5.41, 5.74) is 0.474. The summed E-state index contributed by atoms with van der Waals surface area (Å²) in [7, 11) is 1.85. The van der Waals surface area contributed by atoms with Crippen molar-refractivity contribution < 1.29 is 13.2 Å². The highest BCUT2D eigenvalue weighted by atomic mass is 19.4. The number of aryl methyl sites for hydroxylation is 1. The molecule has 1 aliphatic rings. The van der Waals surface area contributed by atoms with Gasteiger partial charge < -0.3 is 9.88 Å². The fraction of sp³-hybridized carbons (Fsp3) is 0.533. The number of aromatic nitrogens is 2. The van der Waals surface area contributed by atoms with Gasteiger partial charge in [0.2, 0.25) is 0 Å². The number of hydrogen-bond acceptors (Lipinski definition) is 3. The van der Waals surface area contributed by atoms with Crippen LogP contribution in [0.1, 0.15) is 18.3 Å². The number of alkyl halides is 3. The Hall–Kier alpha value is -1.60. The highest BCUT2D eigenvalue weighted by Crippen LogP contribution is 2.31. The van der Waals surface area contributed by atoms with Gasteiger partial charge in [0, 0.05) is 32.7 Å². The van der Waals surface area contributed by atoms with Crippen molar-refractivity contribution in [1.29, 1.82) is 0 Å². The second-order valence-electron chi connectivity index (χ2n) is 5.88. The minimum atomic E-state index is -4.33. The molecule has 1 N–H and O–H groups in total. The predicted octanol–water partition coefficient (Wildman–Crippen LogP) is 2.39. The molecule has 0 bridgehead atoms. The summed E-state index contributed by atoms with van der Waals surface area (Å²) in [5, 5.41) is 3.37. The fourth-order valence-electron chi connectivity index (χ4n) is 2.92. The molecule has 7 heteroatoms. The number of piperazine rings is 1. The molecule has 1 aromatic heterocycles. The van der Waals surface area contributed by atoms with Gasteiger partial charge in [0.15, 0.2) is 0 Å². The van der Waals surface area contributed by atoms with Gasteiger partial charge in [-0.05, 0) is 25.1 Å². The van der Waals surface area contributed by atoms with Crippen molar-refractivity contribution in [2.45, 2.75) is 25.7 Å². The van der Waals surface area contributed by atoms with Gasteiger partial charge >= 0.3 is 6.18 Å². The Morgan fingerprint density at radius 2 is 2.14 bits per heavy atom. The van der Waals surface area contributed by atoms with Gasteiger partial charge in [0.25, 0.3) is 0 Å². The number of nitrogens with zero attached hydrogens (tertiary/aromatic N) is 3. The zero-order valence-corrected chi connectivity index (χ0v) is 12.6. The Morgan fingerprint density at radius 1 is 1.36 bits per heavy atom. The Morgan fingerprint density at radius 3 is 2.82 bits per heavy atom. The van der Waals surface area contributed by atoms with E-state index in [0.717, 1.165) is 43.1 Å². The molecule has 1 fully saturated rings. The molecule has 1 aromatic carbocycles. The third-order valence-electron chi connectivity index (χ3n) is 4.12. The lowest BCUT2D eigenvalue weighted by atomic mass is 10.2. The molecule has 120 valence electrons. The Balaban J connectivity index is 1.89. The van der Waals surface area contributed by atoms with Gasteiger partial charge in [-0.2, -0.15) is 13.2 Å². The van der Waals surface area contributed by atoms with E-state index in [9.17, 15) is 13.2 Å². The molecule has 1 aliphatic heterocycles. The van der Waals surface area contributed by atoms with Crippen LogP contribution >= 0.6 is 0 Å². The van der Waals surface area contributed by atoms with Crippen LogP contribution in [-0.4, -0.2) is 40.1 Å². The van der Waals surface area contributed by atoms with E-state index in [1.54, 1.807) is 0 Å². The maximum absolute atomic E-state index is 12.8. The molecular weight excluding hydrogens is 293 g/mol. The molecule has 1 atom stereocenters. The lowest BCUT2D eigenvalue weighted by Crippen LogP contribution is -2.48. The molecule has 0 radical (unpaired) electrons. The van der Waals surface area contributed by atoms with E-state index in [4.69, 9.17) is 0 Å². The molecule has 0 aliphatic carbocycles. The molecule has 0 unspecified atom stereocenters. The molecule has 2 heterocycles. The summed E-state index contributed by atoms with van der Waals surface area (Å²) in [5.74, 6) is 0.795. The summed E-state index contributed by atoms with van der Waals surface area (Å²) in [6.45, 7) is 5.52. The lowest BCUT2D eigenvalue weighted by Gasteiger charge is -2.31. The van der Waals surface area contributed by atoms with Crippen molar-refractivity contribution >= 4 is 11.0 Å². The summed E-state index contributed by atoms with van der Waals surface area (Å²) in [6, 6.07) is 4.15. The first-order valence-electron chi connectivity index (χ1n) is 7.33. The van der Waals surface area contributed by atoms with Crippen LogP contribution in [0.5, 0.6) is 0 Å². The monoisotopic (exact) mass is 312 g/mol. The maximum atomic E-state index is 12.8. The topological polar surface area (TPSA) is 33.1 Å². The van der Waals surface area contributed by atoms with Gasteiger partial charge in [0.1, 0.15) is 5.82 Å². The van der Waals surface area contributed by atoms with Crippen molar-refractivity contribution in [1.82, 2.24) is 19.8 Å². The summed E-state index contributed by atoms with van der Waals surface area (Å²) in [6.07, 6.45) is -4.33. The van der Waals surface area contributed by atoms with Crippen molar-refractivity contribution in [2.24, 2.45) is 7.05 Å². The standard InChI is InChI=1S/C15H19F3N4/c1-10-8-22(6-5-19-10)9-14-20-12-7-11(15(16,17)18)3-4-13(12)21(14)2/h3-4,7,10,19H,5-6,8-9H2,1-2H3/t10-/m1/s1. The van der Waals surface area contributed by atoms with Gasteiger partial charge in [-0.3, -0.25) is 4.90 Å². The molecule has 3 rings (SSSR count). The maximum Gasteiger partial charge on any atom is 0.416 e. The number of hydrogen-bond donors (Lipinski definition) is 1. The van der Waals surface area contributed by atoms with Crippen molar-refractivity contribution in [3.05, 3.63) is 29.6 Å². The van der Waals surface area contributed by atoms with Gasteiger partial charge in [-0.1, -0.05) is 0 Å². The van der Waals surface area contributed by atoms with Crippen molar-refractivity contribution in [2.75, 3.05) is 19.6 Å². The van der Waals surface area contributed by atoms with E-state index in [2.05, 4.69) is 22.1 Å². The second kappa shape index (κ2) is 5.55. The summed E-state index contributed by atoms with van der Waals surface area (Å²) < 4.78 is 40.2. The van der Waals surface area contributed by atoms with E-state index in [1.165, 1.54) is 6.07 Å². The average Bonchev–Trinajstić information content (AvgIpc) is 2.74. The zero-order chi connectivity index (χ0) is 15.9. The fourth-order valence-corrected chi connectivity index (χ4v) is 2.92. The SMILES string of the molecule is C[C@@H]1CN(Cc2nc3cc(C(F)(F)F)ccc3n2C)CCN1. The number of rotatable bonds is 2. The average molecular weight is 312 g/mol. The van der Waals surface area contributed by atoms with Crippen LogP contribution in [0.2, 0.25) is 0 Å². The molecule has 22 heavy (non-hydrogen) atoms. The van der Waals surface area contributed by atoms with Crippen LogP contribution in [0.4, 0.5) is 13.2 Å². The first-order valence-corrected chi connectivity index (χ1v) is 7.33. The third-order valence-corrected chi connectivity index (χ3v) is 4.12. The Kier molecular flexibility index (Phi) is 3.86. The van der Waals surface area contributed by atoms with Crippen LogP contribution in [0.25, 0.3) is 11.0 Å². The minimum absolute atomic E-state index is 0.399. The smallest absolute Gasteiger partial charge is 0.330 e. The molecule has 0 spiro atoms. The Bertz CT molecular complexity index is 677. The van der Waals surface area contributed by atoms with Crippen molar-refractivity contribution in [3.8, 4) is 0 Å². The number of fused-ring (bicyclic) bond motifs is 1. The second-order valence-corrected chi connectivity index (χ2v) is 5.88. The molecule has 2 aromatic rings. The van der Waals surface area contributed by atoms with E-state index in [0.29, 0.717) is 18.1 Å².